The molecular weight excluding hydrogens is 204 g/mol. The summed E-state index contributed by atoms with van der Waals surface area (Å²) in [4.78, 5) is 11.5. The molecule has 16 heavy (non-hydrogen) atoms. The Morgan fingerprint density at radius 1 is 1.62 bits per heavy atom. The molecule has 86 valence electrons. The average molecular weight is 220 g/mol. The van der Waals surface area contributed by atoms with Crippen molar-refractivity contribution in [1.29, 1.82) is 0 Å². The van der Waals surface area contributed by atoms with Gasteiger partial charge in [-0.05, 0) is 43.7 Å². The first kappa shape index (κ1) is 10.9. The van der Waals surface area contributed by atoms with Crippen LogP contribution in [0.15, 0.2) is 27.9 Å². The van der Waals surface area contributed by atoms with Crippen molar-refractivity contribution < 1.29 is 9.21 Å². The van der Waals surface area contributed by atoms with E-state index < -0.39 is 0 Å². The molecule has 1 fully saturated rings. The van der Waals surface area contributed by atoms with Gasteiger partial charge in [-0.2, -0.15) is 5.10 Å². The van der Waals surface area contributed by atoms with E-state index in [0.717, 1.165) is 25.0 Å². The molecule has 1 saturated carbocycles. The van der Waals surface area contributed by atoms with Crippen molar-refractivity contribution in [2.24, 2.45) is 11.0 Å². The maximum absolute atomic E-state index is 11.5. The Morgan fingerprint density at radius 3 is 3.19 bits per heavy atom. The first-order valence-corrected chi connectivity index (χ1v) is 5.65. The molecule has 0 radical (unpaired) electrons. The third kappa shape index (κ3) is 2.72. The van der Waals surface area contributed by atoms with Gasteiger partial charge in [0.1, 0.15) is 0 Å². The summed E-state index contributed by atoms with van der Waals surface area (Å²) >= 11 is 0. The summed E-state index contributed by atoms with van der Waals surface area (Å²) in [5.41, 5.74) is 3.61. The Balaban J connectivity index is 1.91. The van der Waals surface area contributed by atoms with Gasteiger partial charge in [-0.25, -0.2) is 5.43 Å². The lowest BCUT2D eigenvalue weighted by Crippen LogP contribution is -2.21. The molecule has 0 bridgehead atoms. The lowest BCUT2D eigenvalue weighted by atomic mass is 9.89. The Bertz CT molecular complexity index is 382. The van der Waals surface area contributed by atoms with E-state index in [1.165, 1.54) is 12.7 Å². The minimum atomic E-state index is -0.282. The van der Waals surface area contributed by atoms with Crippen molar-refractivity contribution in [1.82, 2.24) is 5.43 Å². The molecule has 1 heterocycles. The van der Waals surface area contributed by atoms with Gasteiger partial charge in [-0.15, -0.1) is 0 Å². The monoisotopic (exact) mass is 220 g/mol. The van der Waals surface area contributed by atoms with Crippen molar-refractivity contribution in [2.45, 2.75) is 32.6 Å². The zero-order chi connectivity index (χ0) is 11.4. The third-order valence-corrected chi connectivity index (χ3v) is 2.81. The van der Waals surface area contributed by atoms with Crippen molar-refractivity contribution >= 4 is 11.6 Å². The predicted molar refractivity (Wildman–Crippen MR) is 61.2 cm³/mol. The Labute approximate surface area is 94.7 Å². The SMILES string of the molecule is C[C@H]1CCC/C(=N\NC(=O)c2ccco2)C1. The molecule has 0 unspecified atom stereocenters. The predicted octanol–water partition coefficient (Wildman–Crippen LogP) is 2.58. The van der Waals surface area contributed by atoms with Crippen LogP contribution in [-0.2, 0) is 0 Å². The van der Waals surface area contributed by atoms with Crippen molar-refractivity contribution in [3.63, 3.8) is 0 Å². The van der Waals surface area contributed by atoms with Crippen LogP contribution in [0.3, 0.4) is 0 Å². The number of hydrazone groups is 1. The molecule has 1 aliphatic rings. The minimum Gasteiger partial charge on any atom is -0.459 e. The minimum absolute atomic E-state index is 0.282. The van der Waals surface area contributed by atoms with Crippen LogP contribution in [0.25, 0.3) is 0 Å². The number of amides is 1. The van der Waals surface area contributed by atoms with E-state index in [9.17, 15) is 4.79 Å². The van der Waals surface area contributed by atoms with Crippen LogP contribution < -0.4 is 5.43 Å². The molecule has 2 rings (SSSR count). The first-order valence-electron chi connectivity index (χ1n) is 5.65. The quantitative estimate of drug-likeness (QED) is 0.779. The molecule has 1 aromatic heterocycles. The molecule has 1 aromatic rings. The van der Waals surface area contributed by atoms with Crippen LogP contribution in [0.2, 0.25) is 0 Å². The highest BCUT2D eigenvalue weighted by atomic mass is 16.3. The smallest absolute Gasteiger partial charge is 0.307 e. The van der Waals surface area contributed by atoms with E-state index in [1.54, 1.807) is 12.1 Å². The topological polar surface area (TPSA) is 54.6 Å². The van der Waals surface area contributed by atoms with Gasteiger partial charge in [0, 0.05) is 5.71 Å². The molecule has 4 nitrogen and oxygen atoms in total. The molecule has 1 aliphatic carbocycles. The summed E-state index contributed by atoms with van der Waals surface area (Å²) < 4.78 is 4.97. The van der Waals surface area contributed by atoms with Gasteiger partial charge >= 0.3 is 5.91 Å². The third-order valence-electron chi connectivity index (χ3n) is 2.81. The number of hydrogen-bond donors (Lipinski definition) is 1. The number of hydrogen-bond acceptors (Lipinski definition) is 3. The maximum Gasteiger partial charge on any atom is 0.307 e. The van der Waals surface area contributed by atoms with E-state index in [2.05, 4.69) is 17.5 Å². The zero-order valence-corrected chi connectivity index (χ0v) is 9.40. The van der Waals surface area contributed by atoms with Gasteiger partial charge in [0.05, 0.1) is 6.26 Å². The molecule has 1 atom stereocenters. The number of rotatable bonds is 2. The van der Waals surface area contributed by atoms with E-state index in [4.69, 9.17) is 4.42 Å². The fourth-order valence-electron chi connectivity index (χ4n) is 1.96. The van der Waals surface area contributed by atoms with E-state index in [0.29, 0.717) is 11.7 Å². The molecule has 0 aliphatic heterocycles. The highest BCUT2D eigenvalue weighted by Gasteiger charge is 2.14. The Morgan fingerprint density at radius 2 is 2.50 bits per heavy atom. The van der Waals surface area contributed by atoms with Crippen LogP contribution in [0.1, 0.15) is 43.2 Å². The summed E-state index contributed by atoms with van der Waals surface area (Å²) in [6, 6.07) is 3.31. The second-order valence-electron chi connectivity index (χ2n) is 4.30. The normalized spacial score (nSPS) is 23.3. The van der Waals surface area contributed by atoms with Gasteiger partial charge in [0.2, 0.25) is 0 Å². The second-order valence-corrected chi connectivity index (χ2v) is 4.30. The summed E-state index contributed by atoms with van der Waals surface area (Å²) in [5.74, 6) is 0.692. The zero-order valence-electron chi connectivity index (χ0n) is 9.40. The van der Waals surface area contributed by atoms with Gasteiger partial charge in [-0.1, -0.05) is 6.92 Å². The van der Waals surface area contributed by atoms with E-state index in [1.807, 2.05) is 0 Å². The summed E-state index contributed by atoms with van der Waals surface area (Å²) in [6.07, 6.45) is 5.87. The first-order chi connectivity index (χ1) is 7.75. The molecule has 0 spiro atoms. The van der Waals surface area contributed by atoms with Crippen LogP contribution in [0.5, 0.6) is 0 Å². The Kier molecular flexibility index (Phi) is 3.39. The highest BCUT2D eigenvalue weighted by Crippen LogP contribution is 2.20. The molecule has 0 saturated heterocycles. The standard InChI is InChI=1S/C12H16N2O2/c1-9-4-2-5-10(8-9)13-14-12(15)11-6-3-7-16-11/h3,6-7,9H,2,4-5,8H2,1H3,(H,14,15)/b13-10+/t9-/m0/s1. The van der Waals surface area contributed by atoms with E-state index >= 15 is 0 Å². The fraction of sp³-hybridized carbons (Fsp3) is 0.500. The van der Waals surface area contributed by atoms with Crippen LogP contribution >= 0.6 is 0 Å². The van der Waals surface area contributed by atoms with Gasteiger partial charge < -0.3 is 4.42 Å². The van der Waals surface area contributed by atoms with Crippen molar-refractivity contribution in [3.05, 3.63) is 24.2 Å². The van der Waals surface area contributed by atoms with Gasteiger partial charge in [-0.3, -0.25) is 4.79 Å². The lowest BCUT2D eigenvalue weighted by molar-refractivity contribution is 0.0927. The van der Waals surface area contributed by atoms with Gasteiger partial charge in [0.25, 0.3) is 0 Å². The summed E-state index contributed by atoms with van der Waals surface area (Å²) in [7, 11) is 0. The Hall–Kier alpha value is -1.58. The average Bonchev–Trinajstić information content (AvgIpc) is 2.79. The number of carbonyl (C=O) groups is 1. The largest absolute Gasteiger partial charge is 0.459 e. The number of nitrogens with one attached hydrogen (secondary N) is 1. The second kappa shape index (κ2) is 4.96. The van der Waals surface area contributed by atoms with E-state index in [-0.39, 0.29) is 5.91 Å². The summed E-state index contributed by atoms with van der Waals surface area (Å²) in [6.45, 7) is 2.21. The van der Waals surface area contributed by atoms with Crippen LogP contribution in [0.4, 0.5) is 0 Å². The highest BCUT2D eigenvalue weighted by molar-refractivity contribution is 5.93. The van der Waals surface area contributed by atoms with Gasteiger partial charge in [0.15, 0.2) is 5.76 Å². The van der Waals surface area contributed by atoms with Crippen LogP contribution in [0, 0.1) is 5.92 Å². The molecule has 4 heteroatoms. The lowest BCUT2D eigenvalue weighted by Gasteiger charge is -2.18. The summed E-state index contributed by atoms with van der Waals surface area (Å²) in [5, 5.41) is 4.15. The maximum atomic E-state index is 11.5. The number of nitrogens with zero attached hydrogens (tertiary/aromatic N) is 1. The number of furan rings is 1. The molecule has 1 amide bonds. The molecular formula is C12H16N2O2. The van der Waals surface area contributed by atoms with Crippen LogP contribution in [-0.4, -0.2) is 11.6 Å². The van der Waals surface area contributed by atoms with Crippen molar-refractivity contribution in [2.75, 3.05) is 0 Å². The molecule has 1 N–H and O–H groups in total. The van der Waals surface area contributed by atoms with Crippen molar-refractivity contribution in [3.8, 4) is 0 Å². The molecule has 0 aromatic carbocycles. The fourth-order valence-corrected chi connectivity index (χ4v) is 1.96. The number of carbonyl (C=O) groups excluding carboxylic acids is 1.